The van der Waals surface area contributed by atoms with Crippen LogP contribution in [0.15, 0.2) is 42.5 Å². The average molecular weight is 326 g/mol. The molecule has 2 aromatic rings. The Balaban J connectivity index is 2.11. The lowest BCUT2D eigenvalue weighted by atomic mass is 9.98. The monoisotopic (exact) mass is 326 g/mol. The molecule has 0 fully saturated rings. The summed E-state index contributed by atoms with van der Waals surface area (Å²) in [6.07, 6.45) is 0.416. The van der Waals surface area contributed by atoms with Crippen molar-refractivity contribution in [3.05, 3.63) is 53.6 Å². The van der Waals surface area contributed by atoms with Crippen LogP contribution in [-0.4, -0.2) is 12.0 Å². The van der Waals surface area contributed by atoms with Crippen LogP contribution in [0.4, 0.5) is 11.4 Å². The van der Waals surface area contributed by atoms with Gasteiger partial charge in [0, 0.05) is 11.4 Å². The molecule has 0 spiro atoms. The van der Waals surface area contributed by atoms with Crippen LogP contribution >= 0.6 is 0 Å². The molecule has 3 N–H and O–H groups in total. The summed E-state index contributed by atoms with van der Waals surface area (Å²) in [5.41, 5.74) is 9.21. The number of hydrogen-bond donors (Lipinski definition) is 2. The maximum Gasteiger partial charge on any atom is 0.265 e. The molecule has 0 bridgehead atoms. The van der Waals surface area contributed by atoms with Crippen LogP contribution in [0.2, 0.25) is 0 Å². The van der Waals surface area contributed by atoms with Crippen molar-refractivity contribution in [1.29, 1.82) is 0 Å². The predicted molar refractivity (Wildman–Crippen MR) is 99.5 cm³/mol. The third-order valence-corrected chi connectivity index (χ3v) is 4.25. The Morgan fingerprint density at radius 2 is 1.92 bits per heavy atom. The molecule has 128 valence electrons. The van der Waals surface area contributed by atoms with E-state index in [0.717, 1.165) is 23.3 Å². The van der Waals surface area contributed by atoms with Gasteiger partial charge in [0.25, 0.3) is 5.91 Å². The SMILES string of the molecule is CC[C@@H](C)c1ccccc1O[C@@H](C)C(=O)Nc1cc(N)ccc1C. The van der Waals surface area contributed by atoms with Crippen LogP contribution in [0.3, 0.4) is 0 Å². The Morgan fingerprint density at radius 1 is 1.21 bits per heavy atom. The Hall–Kier alpha value is -2.49. The van der Waals surface area contributed by atoms with E-state index in [1.165, 1.54) is 0 Å². The molecular weight excluding hydrogens is 300 g/mol. The molecule has 2 rings (SSSR count). The highest BCUT2D eigenvalue weighted by molar-refractivity contribution is 5.95. The van der Waals surface area contributed by atoms with Crippen LogP contribution < -0.4 is 15.8 Å². The first-order valence-electron chi connectivity index (χ1n) is 8.35. The van der Waals surface area contributed by atoms with Gasteiger partial charge in [-0.1, -0.05) is 38.1 Å². The van der Waals surface area contributed by atoms with Crippen LogP contribution in [0, 0.1) is 6.92 Å². The van der Waals surface area contributed by atoms with Gasteiger partial charge < -0.3 is 15.8 Å². The Bertz CT molecular complexity index is 713. The molecule has 0 radical (unpaired) electrons. The topological polar surface area (TPSA) is 64.3 Å². The number of hydrogen-bond acceptors (Lipinski definition) is 3. The smallest absolute Gasteiger partial charge is 0.265 e. The van der Waals surface area contributed by atoms with E-state index in [0.29, 0.717) is 17.3 Å². The zero-order valence-electron chi connectivity index (χ0n) is 14.8. The van der Waals surface area contributed by atoms with E-state index in [9.17, 15) is 4.79 Å². The minimum absolute atomic E-state index is 0.192. The lowest BCUT2D eigenvalue weighted by Gasteiger charge is -2.20. The van der Waals surface area contributed by atoms with E-state index in [1.807, 2.05) is 37.3 Å². The second-order valence-corrected chi connectivity index (χ2v) is 6.17. The van der Waals surface area contributed by atoms with Gasteiger partial charge >= 0.3 is 0 Å². The molecule has 0 unspecified atom stereocenters. The highest BCUT2D eigenvalue weighted by atomic mass is 16.5. The second kappa shape index (κ2) is 7.86. The third-order valence-electron chi connectivity index (χ3n) is 4.25. The minimum Gasteiger partial charge on any atom is -0.481 e. The number of carbonyl (C=O) groups is 1. The fraction of sp³-hybridized carbons (Fsp3) is 0.350. The number of para-hydroxylation sites is 1. The molecule has 0 aliphatic carbocycles. The summed E-state index contributed by atoms with van der Waals surface area (Å²) in [6.45, 7) is 7.98. The van der Waals surface area contributed by atoms with Crippen molar-refractivity contribution in [2.24, 2.45) is 0 Å². The fourth-order valence-corrected chi connectivity index (χ4v) is 2.47. The quantitative estimate of drug-likeness (QED) is 0.768. The zero-order chi connectivity index (χ0) is 17.7. The van der Waals surface area contributed by atoms with Gasteiger partial charge in [0.2, 0.25) is 0 Å². The first kappa shape index (κ1) is 17.9. The van der Waals surface area contributed by atoms with E-state index in [4.69, 9.17) is 10.5 Å². The normalized spacial score (nSPS) is 13.2. The third kappa shape index (κ3) is 4.28. The van der Waals surface area contributed by atoms with E-state index in [-0.39, 0.29) is 5.91 Å². The summed E-state index contributed by atoms with van der Waals surface area (Å²) in [5, 5.41) is 2.89. The zero-order valence-corrected chi connectivity index (χ0v) is 14.8. The molecule has 2 atom stereocenters. The van der Waals surface area contributed by atoms with Crippen LogP contribution in [0.5, 0.6) is 5.75 Å². The molecule has 0 aromatic heterocycles. The minimum atomic E-state index is -0.601. The molecule has 24 heavy (non-hydrogen) atoms. The number of nitrogen functional groups attached to an aromatic ring is 1. The van der Waals surface area contributed by atoms with Gasteiger partial charge in [0.1, 0.15) is 5.75 Å². The van der Waals surface area contributed by atoms with E-state index >= 15 is 0 Å². The van der Waals surface area contributed by atoms with Gasteiger partial charge in [-0.25, -0.2) is 0 Å². The van der Waals surface area contributed by atoms with Crippen LogP contribution in [0.25, 0.3) is 0 Å². The Morgan fingerprint density at radius 3 is 2.62 bits per heavy atom. The highest BCUT2D eigenvalue weighted by Gasteiger charge is 2.18. The molecular formula is C20H26N2O2. The van der Waals surface area contributed by atoms with Gasteiger partial charge in [0.15, 0.2) is 6.10 Å². The number of ether oxygens (including phenoxy) is 1. The maximum atomic E-state index is 12.5. The molecule has 2 aromatic carbocycles. The van der Waals surface area contributed by atoms with Crippen LogP contribution in [-0.2, 0) is 4.79 Å². The van der Waals surface area contributed by atoms with Gasteiger partial charge in [0.05, 0.1) is 0 Å². The largest absolute Gasteiger partial charge is 0.481 e. The molecule has 0 aliphatic heterocycles. The summed E-state index contributed by atoms with van der Waals surface area (Å²) in [7, 11) is 0. The number of anilines is 2. The van der Waals surface area contributed by atoms with Crippen LogP contribution in [0.1, 0.15) is 44.2 Å². The highest BCUT2D eigenvalue weighted by Crippen LogP contribution is 2.29. The van der Waals surface area contributed by atoms with Crippen molar-refractivity contribution in [3.63, 3.8) is 0 Å². The average Bonchev–Trinajstić information content (AvgIpc) is 2.57. The van der Waals surface area contributed by atoms with Crippen molar-refractivity contribution < 1.29 is 9.53 Å². The van der Waals surface area contributed by atoms with E-state index in [1.54, 1.807) is 13.0 Å². The number of benzene rings is 2. The molecule has 4 heteroatoms. The summed E-state index contributed by atoms with van der Waals surface area (Å²) < 4.78 is 5.93. The summed E-state index contributed by atoms with van der Waals surface area (Å²) in [5.74, 6) is 0.953. The molecule has 4 nitrogen and oxygen atoms in total. The molecule has 0 aliphatic rings. The van der Waals surface area contributed by atoms with Crippen molar-refractivity contribution in [2.45, 2.75) is 46.1 Å². The van der Waals surface area contributed by atoms with Gasteiger partial charge in [-0.2, -0.15) is 0 Å². The summed E-state index contributed by atoms with van der Waals surface area (Å²) in [6, 6.07) is 13.3. The number of nitrogens with one attached hydrogen (secondary N) is 1. The van der Waals surface area contributed by atoms with Crippen molar-refractivity contribution in [3.8, 4) is 5.75 Å². The van der Waals surface area contributed by atoms with E-state index < -0.39 is 6.10 Å². The summed E-state index contributed by atoms with van der Waals surface area (Å²) in [4.78, 5) is 12.5. The molecule has 1 amide bonds. The molecule has 0 heterocycles. The Labute approximate surface area is 144 Å². The fourth-order valence-electron chi connectivity index (χ4n) is 2.47. The van der Waals surface area contributed by atoms with Crippen molar-refractivity contribution in [1.82, 2.24) is 0 Å². The molecule has 0 saturated carbocycles. The molecule has 0 saturated heterocycles. The lowest BCUT2D eigenvalue weighted by Crippen LogP contribution is -2.30. The first-order chi connectivity index (χ1) is 11.4. The number of amides is 1. The van der Waals surface area contributed by atoms with Crippen molar-refractivity contribution in [2.75, 3.05) is 11.1 Å². The van der Waals surface area contributed by atoms with E-state index in [2.05, 4.69) is 25.2 Å². The summed E-state index contributed by atoms with van der Waals surface area (Å²) >= 11 is 0. The van der Waals surface area contributed by atoms with Gasteiger partial charge in [-0.05, 0) is 55.5 Å². The maximum absolute atomic E-state index is 12.5. The Kier molecular flexibility index (Phi) is 5.85. The number of nitrogens with two attached hydrogens (primary N) is 1. The second-order valence-electron chi connectivity index (χ2n) is 6.17. The number of aryl methyl sites for hydroxylation is 1. The van der Waals surface area contributed by atoms with Gasteiger partial charge in [-0.3, -0.25) is 4.79 Å². The van der Waals surface area contributed by atoms with Gasteiger partial charge in [-0.15, -0.1) is 0 Å². The number of carbonyl (C=O) groups excluding carboxylic acids is 1. The lowest BCUT2D eigenvalue weighted by molar-refractivity contribution is -0.122. The number of rotatable bonds is 6. The van der Waals surface area contributed by atoms with Crippen molar-refractivity contribution >= 4 is 17.3 Å². The standard InChI is InChI=1S/C20H26N2O2/c1-5-13(2)17-8-6-7-9-19(17)24-15(4)20(23)22-18-12-16(21)11-10-14(18)3/h6-13,15H,5,21H2,1-4H3,(H,22,23)/t13-,15+/m1/s1. The first-order valence-corrected chi connectivity index (χ1v) is 8.35. The predicted octanol–water partition coefficient (Wildman–Crippen LogP) is 4.50.